The van der Waals surface area contributed by atoms with Gasteiger partial charge in [0.05, 0.1) is 24.8 Å². The van der Waals surface area contributed by atoms with Gasteiger partial charge in [-0.25, -0.2) is 14.7 Å². The fourth-order valence-electron chi connectivity index (χ4n) is 4.14. The van der Waals surface area contributed by atoms with Crippen molar-refractivity contribution >= 4 is 29.3 Å². The number of aliphatic carboxylic acids is 1. The standard InChI is InChI=1S/C31H32ClNO10/c1-38-22-10-6-20(7-11-22)18-41-26-15-14-24(28(32)29(26)42-19-21-8-12-23(39-2)13-9-21)30(35)33(17-25(34)31(36)37)43-27-5-3-4-16-40-27/h6-15,27H,3-5,16-19H2,1-2H3,(H,36,37). The van der Waals surface area contributed by atoms with E-state index in [1.54, 1.807) is 38.5 Å². The number of hydrogen-bond acceptors (Lipinski definition) is 9. The summed E-state index contributed by atoms with van der Waals surface area (Å²) in [5.74, 6) is -2.07. The largest absolute Gasteiger partial charge is 0.497 e. The number of methoxy groups -OCH3 is 2. The lowest BCUT2D eigenvalue weighted by Gasteiger charge is -2.29. The van der Waals surface area contributed by atoms with Crippen LogP contribution < -0.4 is 18.9 Å². The Morgan fingerprint density at radius 2 is 1.49 bits per heavy atom. The zero-order valence-electron chi connectivity index (χ0n) is 23.7. The van der Waals surface area contributed by atoms with E-state index in [2.05, 4.69) is 0 Å². The summed E-state index contributed by atoms with van der Waals surface area (Å²) in [5.41, 5.74) is 1.55. The molecule has 1 aliphatic heterocycles. The number of carboxylic acids is 1. The van der Waals surface area contributed by atoms with Crippen LogP contribution in [0.3, 0.4) is 0 Å². The normalized spacial score (nSPS) is 14.4. The number of amides is 1. The topological polar surface area (TPSA) is 130 Å². The Balaban J connectivity index is 1.62. The maximum absolute atomic E-state index is 13.6. The van der Waals surface area contributed by atoms with Crippen molar-refractivity contribution in [1.82, 2.24) is 5.06 Å². The average molecular weight is 614 g/mol. The van der Waals surface area contributed by atoms with Crippen LogP contribution >= 0.6 is 11.6 Å². The Kier molecular flexibility index (Phi) is 11.2. The number of carboxylic acid groups (broad SMARTS) is 1. The first-order valence-corrected chi connectivity index (χ1v) is 13.9. The highest BCUT2D eigenvalue weighted by molar-refractivity contribution is 6.36. The van der Waals surface area contributed by atoms with Crippen LogP contribution in [0.25, 0.3) is 0 Å². The Hall–Kier alpha value is -4.32. The molecule has 0 bridgehead atoms. The molecule has 1 aliphatic rings. The quantitative estimate of drug-likeness (QED) is 0.194. The number of ether oxygens (including phenoxy) is 5. The second kappa shape index (κ2) is 15.2. The van der Waals surface area contributed by atoms with Crippen LogP contribution in [0.5, 0.6) is 23.0 Å². The van der Waals surface area contributed by atoms with Gasteiger partial charge in [0.25, 0.3) is 11.7 Å². The first kappa shape index (κ1) is 31.6. The molecule has 12 heteroatoms. The molecule has 1 amide bonds. The summed E-state index contributed by atoms with van der Waals surface area (Å²) in [7, 11) is 3.15. The smallest absolute Gasteiger partial charge is 0.374 e. The van der Waals surface area contributed by atoms with E-state index in [1.165, 1.54) is 12.1 Å². The molecule has 0 saturated carbocycles. The molecular weight excluding hydrogens is 582 g/mol. The predicted molar refractivity (Wildman–Crippen MR) is 154 cm³/mol. The molecule has 1 atom stereocenters. The summed E-state index contributed by atoms with van der Waals surface area (Å²) >= 11 is 6.75. The summed E-state index contributed by atoms with van der Waals surface area (Å²) < 4.78 is 28.1. The number of hydrogen-bond donors (Lipinski definition) is 1. The van der Waals surface area contributed by atoms with Crippen molar-refractivity contribution in [3.63, 3.8) is 0 Å². The highest BCUT2D eigenvalue weighted by atomic mass is 35.5. The number of ketones is 1. The van der Waals surface area contributed by atoms with Crippen LogP contribution in [0.15, 0.2) is 60.7 Å². The summed E-state index contributed by atoms with van der Waals surface area (Å²) in [5, 5.41) is 9.73. The SMILES string of the molecule is COc1ccc(COc2ccc(C(=O)N(CC(=O)C(=O)O)OC3CCCCO3)c(Cl)c2OCc2ccc(OC)cc2)cc1. The fourth-order valence-corrected chi connectivity index (χ4v) is 4.43. The Labute approximate surface area is 253 Å². The zero-order chi connectivity index (χ0) is 30.8. The molecule has 0 spiro atoms. The minimum absolute atomic E-state index is 0.0773. The Bertz CT molecular complexity index is 1410. The lowest BCUT2D eigenvalue weighted by molar-refractivity contribution is -0.265. The predicted octanol–water partition coefficient (Wildman–Crippen LogP) is 5.07. The maximum Gasteiger partial charge on any atom is 0.374 e. The molecule has 1 heterocycles. The molecule has 0 aromatic heterocycles. The molecule has 0 aliphatic carbocycles. The van der Waals surface area contributed by atoms with Crippen molar-refractivity contribution in [3.05, 3.63) is 82.4 Å². The molecule has 3 aromatic carbocycles. The first-order chi connectivity index (χ1) is 20.8. The highest BCUT2D eigenvalue weighted by Crippen LogP contribution is 2.39. The van der Waals surface area contributed by atoms with Crippen molar-refractivity contribution in [1.29, 1.82) is 0 Å². The van der Waals surface area contributed by atoms with Gasteiger partial charge >= 0.3 is 5.97 Å². The van der Waals surface area contributed by atoms with E-state index in [4.69, 9.17) is 45.2 Å². The monoisotopic (exact) mass is 613 g/mol. The lowest BCUT2D eigenvalue weighted by atomic mass is 10.1. The van der Waals surface area contributed by atoms with E-state index in [9.17, 15) is 14.4 Å². The van der Waals surface area contributed by atoms with E-state index < -0.39 is 30.5 Å². The van der Waals surface area contributed by atoms with Gasteiger partial charge in [-0.15, -0.1) is 0 Å². The van der Waals surface area contributed by atoms with Gasteiger partial charge < -0.3 is 28.8 Å². The Morgan fingerprint density at radius 3 is 2.02 bits per heavy atom. The number of carbonyl (C=O) groups excluding carboxylic acids is 2. The van der Waals surface area contributed by atoms with Gasteiger partial charge in [-0.3, -0.25) is 9.59 Å². The van der Waals surface area contributed by atoms with Crippen LogP contribution in [-0.4, -0.2) is 61.5 Å². The average Bonchev–Trinajstić information content (AvgIpc) is 3.03. The van der Waals surface area contributed by atoms with Crippen LogP contribution in [-0.2, 0) is 32.4 Å². The third-order valence-corrected chi connectivity index (χ3v) is 6.90. The van der Waals surface area contributed by atoms with E-state index in [-0.39, 0.29) is 35.3 Å². The Morgan fingerprint density at radius 1 is 0.884 bits per heavy atom. The summed E-state index contributed by atoms with van der Waals surface area (Å²) in [6, 6.07) is 17.4. The van der Waals surface area contributed by atoms with Crippen molar-refractivity contribution in [2.45, 2.75) is 38.8 Å². The molecule has 1 fully saturated rings. The number of benzene rings is 3. The van der Waals surface area contributed by atoms with Gasteiger partial charge in [-0.2, -0.15) is 0 Å². The van der Waals surface area contributed by atoms with Gasteiger partial charge in [-0.1, -0.05) is 35.9 Å². The second-order valence-electron chi connectivity index (χ2n) is 9.50. The van der Waals surface area contributed by atoms with Gasteiger partial charge in [0, 0.05) is 13.0 Å². The number of hydroxylamine groups is 2. The number of nitrogens with zero attached hydrogens (tertiary/aromatic N) is 1. The van der Waals surface area contributed by atoms with Gasteiger partial charge in [0.1, 0.15) is 31.3 Å². The van der Waals surface area contributed by atoms with E-state index in [1.807, 2.05) is 24.3 Å². The van der Waals surface area contributed by atoms with Gasteiger partial charge in [0.15, 0.2) is 17.8 Å². The van der Waals surface area contributed by atoms with E-state index in [0.29, 0.717) is 29.6 Å². The molecule has 1 saturated heterocycles. The molecule has 1 N–H and O–H groups in total. The number of carbonyl (C=O) groups is 3. The zero-order valence-corrected chi connectivity index (χ0v) is 24.5. The van der Waals surface area contributed by atoms with Crippen molar-refractivity contribution < 1.29 is 48.0 Å². The van der Waals surface area contributed by atoms with Crippen molar-refractivity contribution in [3.8, 4) is 23.0 Å². The van der Waals surface area contributed by atoms with E-state index in [0.717, 1.165) is 24.0 Å². The van der Waals surface area contributed by atoms with Crippen molar-refractivity contribution in [2.75, 3.05) is 27.4 Å². The lowest BCUT2D eigenvalue weighted by Crippen LogP contribution is -2.42. The summed E-state index contributed by atoms with van der Waals surface area (Å²) in [6.45, 7) is -0.201. The van der Waals surface area contributed by atoms with Crippen molar-refractivity contribution in [2.24, 2.45) is 0 Å². The molecular formula is C31H32ClNO10. The van der Waals surface area contributed by atoms with Gasteiger partial charge in [-0.05, 0) is 60.4 Å². The molecule has 0 radical (unpaired) electrons. The second-order valence-corrected chi connectivity index (χ2v) is 9.88. The minimum atomic E-state index is -1.71. The molecule has 4 rings (SSSR count). The third-order valence-electron chi connectivity index (χ3n) is 6.52. The van der Waals surface area contributed by atoms with Crippen LogP contribution in [0.2, 0.25) is 5.02 Å². The molecule has 1 unspecified atom stereocenters. The minimum Gasteiger partial charge on any atom is -0.497 e. The maximum atomic E-state index is 13.6. The summed E-state index contributed by atoms with van der Waals surface area (Å²) in [6.07, 6.45) is 1.24. The number of halogens is 1. The summed E-state index contributed by atoms with van der Waals surface area (Å²) in [4.78, 5) is 42.7. The molecule has 11 nitrogen and oxygen atoms in total. The highest BCUT2D eigenvalue weighted by Gasteiger charge is 2.30. The first-order valence-electron chi connectivity index (χ1n) is 13.5. The van der Waals surface area contributed by atoms with E-state index >= 15 is 0 Å². The van der Waals surface area contributed by atoms with Gasteiger partial charge in [0.2, 0.25) is 0 Å². The van der Waals surface area contributed by atoms with Crippen LogP contribution in [0.1, 0.15) is 40.7 Å². The molecule has 3 aromatic rings. The molecule has 228 valence electrons. The fraction of sp³-hybridized carbons (Fsp3) is 0.323. The van der Waals surface area contributed by atoms with Crippen LogP contribution in [0, 0.1) is 0 Å². The number of rotatable bonds is 14. The third kappa shape index (κ3) is 8.60. The molecule has 43 heavy (non-hydrogen) atoms. The van der Waals surface area contributed by atoms with Crippen LogP contribution in [0.4, 0.5) is 0 Å². The number of Topliss-reactive ketones (excluding diaryl/α,β-unsaturated/α-hetero) is 1.